The van der Waals surface area contributed by atoms with E-state index in [4.69, 9.17) is 0 Å². The van der Waals surface area contributed by atoms with Crippen molar-refractivity contribution in [2.24, 2.45) is 5.92 Å². The molecule has 0 radical (unpaired) electrons. The summed E-state index contributed by atoms with van der Waals surface area (Å²) in [5.41, 5.74) is 1.20. The fourth-order valence-electron chi connectivity index (χ4n) is 4.19. The third-order valence-corrected chi connectivity index (χ3v) is 7.68. The van der Waals surface area contributed by atoms with Gasteiger partial charge >= 0.3 is 0 Å². The Morgan fingerprint density at radius 2 is 2.04 bits per heavy atom. The van der Waals surface area contributed by atoms with Gasteiger partial charge in [0.25, 0.3) is 0 Å². The topological polar surface area (TPSA) is 40.6 Å². The van der Waals surface area contributed by atoms with E-state index < -0.39 is 9.84 Å². The Morgan fingerprint density at radius 3 is 2.71 bits per heavy atom. The number of piperidine rings is 1. The molecule has 3 rings (SSSR count). The summed E-state index contributed by atoms with van der Waals surface area (Å²) < 4.78 is 23.7. The molecule has 2 atom stereocenters. The van der Waals surface area contributed by atoms with E-state index in [0.29, 0.717) is 17.4 Å². The van der Waals surface area contributed by atoms with Crippen molar-refractivity contribution in [3.8, 4) is 0 Å². The van der Waals surface area contributed by atoms with Crippen molar-refractivity contribution in [2.75, 3.05) is 38.2 Å². The van der Waals surface area contributed by atoms with Gasteiger partial charge in [0.2, 0.25) is 0 Å². The van der Waals surface area contributed by atoms with Gasteiger partial charge in [0.05, 0.1) is 11.5 Å². The first kappa shape index (κ1) is 17.9. The number of benzene rings is 1. The smallest absolute Gasteiger partial charge is 0.152 e. The summed E-state index contributed by atoms with van der Waals surface area (Å²) in [5, 5.41) is 0. The molecule has 0 spiro atoms. The Kier molecular flexibility index (Phi) is 5.33. The molecule has 0 saturated carbocycles. The average Bonchev–Trinajstić information content (AvgIpc) is 2.83. The lowest BCUT2D eigenvalue weighted by atomic mass is 9.93. The van der Waals surface area contributed by atoms with Crippen LogP contribution in [-0.2, 0) is 16.4 Å². The highest BCUT2D eigenvalue weighted by Crippen LogP contribution is 2.30. The minimum absolute atomic E-state index is 0.180. The molecule has 0 aliphatic carbocycles. The first-order valence-electron chi connectivity index (χ1n) is 9.04. The normalized spacial score (nSPS) is 30.7. The van der Waals surface area contributed by atoms with Gasteiger partial charge in [-0.25, -0.2) is 8.42 Å². The molecule has 5 heteroatoms. The standard InChI is InChI=1S/C19H30N2O2S/c1-19(10-12-24(22,23)16-19)20(2)13-18-9-6-11-21(15-18)14-17-7-4-3-5-8-17/h3-5,7-8,18H,6,9-16H2,1-2H3/t18-,19-/m1/s1. The zero-order valence-electron chi connectivity index (χ0n) is 14.9. The molecule has 1 aromatic rings. The molecule has 2 aliphatic rings. The molecule has 0 bridgehead atoms. The van der Waals surface area contributed by atoms with Gasteiger partial charge < -0.3 is 0 Å². The van der Waals surface area contributed by atoms with Crippen LogP contribution in [0.4, 0.5) is 0 Å². The molecule has 1 aromatic carbocycles. The van der Waals surface area contributed by atoms with Crippen LogP contribution in [0.3, 0.4) is 0 Å². The number of rotatable bonds is 5. The summed E-state index contributed by atoms with van der Waals surface area (Å²) in [6.07, 6.45) is 3.26. The molecule has 0 amide bonds. The van der Waals surface area contributed by atoms with Gasteiger partial charge in [-0.1, -0.05) is 30.3 Å². The van der Waals surface area contributed by atoms with E-state index in [2.05, 4.69) is 54.1 Å². The van der Waals surface area contributed by atoms with E-state index in [9.17, 15) is 8.42 Å². The molecular weight excluding hydrogens is 320 g/mol. The molecule has 0 N–H and O–H groups in total. The van der Waals surface area contributed by atoms with Crippen molar-refractivity contribution < 1.29 is 8.42 Å². The summed E-state index contributed by atoms with van der Waals surface area (Å²) in [5.74, 6) is 1.29. The lowest BCUT2D eigenvalue weighted by Gasteiger charge is -2.40. The van der Waals surface area contributed by atoms with Crippen LogP contribution in [0.1, 0.15) is 31.7 Å². The second-order valence-corrected chi connectivity index (χ2v) is 10.1. The minimum Gasteiger partial charge on any atom is -0.300 e. The Labute approximate surface area is 146 Å². The summed E-state index contributed by atoms with van der Waals surface area (Å²) in [7, 11) is -0.735. The highest BCUT2D eigenvalue weighted by molar-refractivity contribution is 7.91. The van der Waals surface area contributed by atoms with E-state index in [-0.39, 0.29) is 5.54 Å². The van der Waals surface area contributed by atoms with Gasteiger partial charge in [-0.2, -0.15) is 0 Å². The number of nitrogens with zero attached hydrogens (tertiary/aromatic N) is 2. The molecule has 2 heterocycles. The highest BCUT2D eigenvalue weighted by atomic mass is 32.2. The fourth-order valence-corrected chi connectivity index (χ4v) is 6.40. The zero-order valence-corrected chi connectivity index (χ0v) is 15.8. The van der Waals surface area contributed by atoms with Crippen molar-refractivity contribution in [3.05, 3.63) is 35.9 Å². The SMILES string of the molecule is CN(C[C@H]1CCCN(Cc2ccccc2)C1)[C@]1(C)CCS(=O)(=O)C1. The van der Waals surface area contributed by atoms with Crippen LogP contribution in [0.15, 0.2) is 30.3 Å². The van der Waals surface area contributed by atoms with Gasteiger partial charge in [-0.3, -0.25) is 9.80 Å². The van der Waals surface area contributed by atoms with Crippen LogP contribution in [0, 0.1) is 5.92 Å². The number of likely N-dealkylation sites (tertiary alicyclic amines) is 1. The molecular formula is C19H30N2O2S. The van der Waals surface area contributed by atoms with Gasteiger partial charge in [0, 0.05) is 25.2 Å². The van der Waals surface area contributed by atoms with E-state index in [0.717, 1.165) is 26.1 Å². The Balaban J connectivity index is 1.55. The van der Waals surface area contributed by atoms with Gasteiger partial charge in [-0.05, 0) is 51.3 Å². The molecule has 0 unspecified atom stereocenters. The van der Waals surface area contributed by atoms with E-state index in [1.807, 2.05) is 0 Å². The molecule has 2 fully saturated rings. The number of sulfone groups is 1. The second kappa shape index (κ2) is 7.14. The van der Waals surface area contributed by atoms with Crippen LogP contribution in [-0.4, -0.2) is 61.9 Å². The fraction of sp³-hybridized carbons (Fsp3) is 0.684. The number of hydrogen-bond acceptors (Lipinski definition) is 4. The molecule has 2 saturated heterocycles. The van der Waals surface area contributed by atoms with E-state index >= 15 is 0 Å². The zero-order chi connectivity index (χ0) is 17.2. The Morgan fingerprint density at radius 1 is 1.29 bits per heavy atom. The monoisotopic (exact) mass is 350 g/mol. The van der Waals surface area contributed by atoms with E-state index in [1.165, 1.54) is 24.9 Å². The summed E-state index contributed by atoms with van der Waals surface area (Å²) >= 11 is 0. The lowest BCUT2D eigenvalue weighted by molar-refractivity contribution is 0.0919. The highest BCUT2D eigenvalue weighted by Gasteiger charge is 2.41. The minimum atomic E-state index is -2.84. The molecule has 24 heavy (non-hydrogen) atoms. The maximum Gasteiger partial charge on any atom is 0.152 e. The summed E-state index contributed by atoms with van der Waals surface area (Å²) in [6.45, 7) is 6.41. The third kappa shape index (κ3) is 4.38. The maximum absolute atomic E-state index is 11.9. The van der Waals surface area contributed by atoms with Crippen molar-refractivity contribution >= 4 is 9.84 Å². The molecule has 134 valence electrons. The largest absolute Gasteiger partial charge is 0.300 e. The van der Waals surface area contributed by atoms with E-state index in [1.54, 1.807) is 0 Å². The Bertz CT molecular complexity index is 647. The van der Waals surface area contributed by atoms with Crippen LogP contribution in [0.25, 0.3) is 0 Å². The van der Waals surface area contributed by atoms with Crippen molar-refractivity contribution in [1.82, 2.24) is 9.80 Å². The predicted octanol–water partition coefficient (Wildman–Crippen LogP) is 2.41. The van der Waals surface area contributed by atoms with Crippen molar-refractivity contribution in [2.45, 2.75) is 38.3 Å². The van der Waals surface area contributed by atoms with Gasteiger partial charge in [0.1, 0.15) is 0 Å². The van der Waals surface area contributed by atoms with Crippen LogP contribution in [0.5, 0.6) is 0 Å². The van der Waals surface area contributed by atoms with Crippen LogP contribution >= 0.6 is 0 Å². The molecule has 0 aromatic heterocycles. The third-order valence-electron chi connectivity index (χ3n) is 5.79. The van der Waals surface area contributed by atoms with Crippen LogP contribution in [0.2, 0.25) is 0 Å². The quantitative estimate of drug-likeness (QED) is 0.818. The second-order valence-electron chi connectivity index (χ2n) is 7.95. The first-order chi connectivity index (χ1) is 11.4. The lowest BCUT2D eigenvalue weighted by Crippen LogP contribution is -2.49. The molecule has 2 aliphatic heterocycles. The van der Waals surface area contributed by atoms with Gasteiger partial charge in [0.15, 0.2) is 9.84 Å². The van der Waals surface area contributed by atoms with Crippen molar-refractivity contribution in [1.29, 1.82) is 0 Å². The average molecular weight is 351 g/mol. The predicted molar refractivity (Wildman–Crippen MR) is 98.7 cm³/mol. The first-order valence-corrected chi connectivity index (χ1v) is 10.9. The summed E-state index contributed by atoms with van der Waals surface area (Å²) in [4.78, 5) is 4.86. The molecule has 4 nitrogen and oxygen atoms in total. The van der Waals surface area contributed by atoms with Crippen LogP contribution < -0.4 is 0 Å². The maximum atomic E-state index is 11.9. The van der Waals surface area contributed by atoms with Gasteiger partial charge in [-0.15, -0.1) is 0 Å². The van der Waals surface area contributed by atoms with Crippen molar-refractivity contribution in [3.63, 3.8) is 0 Å². The number of hydrogen-bond donors (Lipinski definition) is 0. The Hall–Kier alpha value is -0.910. The summed E-state index contributed by atoms with van der Waals surface area (Å²) in [6, 6.07) is 10.7.